The second-order valence-electron chi connectivity index (χ2n) is 8.02. The lowest BCUT2D eigenvalue weighted by Crippen LogP contribution is -2.44. The Bertz CT molecular complexity index is 944. The lowest BCUT2D eigenvalue weighted by Gasteiger charge is -2.19. The molecule has 0 saturated heterocycles. The van der Waals surface area contributed by atoms with Crippen LogP contribution in [-0.4, -0.2) is 40.7 Å². The molecule has 10 heteroatoms. The first-order valence-corrected chi connectivity index (χ1v) is 10.5. The van der Waals surface area contributed by atoms with Crippen molar-refractivity contribution in [2.75, 3.05) is 6.54 Å². The summed E-state index contributed by atoms with van der Waals surface area (Å²) in [5, 5.41) is 11.2. The van der Waals surface area contributed by atoms with Crippen molar-refractivity contribution in [3.05, 3.63) is 46.8 Å². The van der Waals surface area contributed by atoms with Crippen LogP contribution in [0, 0.1) is 13.8 Å². The standard InChI is InChI=1S/C22H30F3N5O.HI/c1-6-26-21(27-13(2)11-17-14(3)29-30(5)15(17)4)28-19-12-18(19)16-9-7-8-10-20(16)31-22(23,24)25;/h7-10,13,18-19H,6,11-12H2,1-5H3,(H2,26,27,28);1H. The molecule has 1 fully saturated rings. The molecule has 6 nitrogen and oxygen atoms in total. The zero-order chi connectivity index (χ0) is 22.8. The van der Waals surface area contributed by atoms with Crippen LogP contribution in [-0.2, 0) is 13.5 Å². The number of aromatic nitrogens is 2. The highest BCUT2D eigenvalue weighted by molar-refractivity contribution is 14.0. The summed E-state index contributed by atoms with van der Waals surface area (Å²) in [7, 11) is 1.93. The summed E-state index contributed by atoms with van der Waals surface area (Å²) in [6, 6.07) is 6.44. The van der Waals surface area contributed by atoms with Gasteiger partial charge in [0.25, 0.3) is 0 Å². The molecule has 3 atom stereocenters. The Morgan fingerprint density at radius 2 is 2.00 bits per heavy atom. The molecule has 0 spiro atoms. The van der Waals surface area contributed by atoms with Gasteiger partial charge in [-0.25, -0.2) is 0 Å². The molecule has 32 heavy (non-hydrogen) atoms. The molecule has 1 aliphatic carbocycles. The van der Waals surface area contributed by atoms with Gasteiger partial charge >= 0.3 is 6.36 Å². The number of aryl methyl sites for hydroxylation is 2. The summed E-state index contributed by atoms with van der Waals surface area (Å²) in [6.07, 6.45) is -3.19. The maximum Gasteiger partial charge on any atom is 0.573 e. The molecule has 0 bridgehead atoms. The second kappa shape index (κ2) is 10.8. The summed E-state index contributed by atoms with van der Waals surface area (Å²) in [4.78, 5) is 4.51. The van der Waals surface area contributed by atoms with E-state index in [0.29, 0.717) is 18.1 Å². The second-order valence-corrected chi connectivity index (χ2v) is 8.02. The minimum absolute atomic E-state index is 0. The number of hydrogen-bond donors (Lipinski definition) is 2. The number of ether oxygens (including phenoxy) is 1. The fourth-order valence-corrected chi connectivity index (χ4v) is 3.87. The monoisotopic (exact) mass is 565 g/mol. The van der Waals surface area contributed by atoms with Gasteiger partial charge in [0.2, 0.25) is 0 Å². The predicted molar refractivity (Wildman–Crippen MR) is 130 cm³/mol. The van der Waals surface area contributed by atoms with Gasteiger partial charge in [0.05, 0.1) is 5.69 Å². The topological polar surface area (TPSA) is 63.5 Å². The molecule has 0 aliphatic heterocycles. The molecule has 3 unspecified atom stereocenters. The molecule has 1 aromatic carbocycles. The molecule has 1 aliphatic rings. The third kappa shape index (κ3) is 6.76. The molecule has 1 saturated carbocycles. The summed E-state index contributed by atoms with van der Waals surface area (Å²) in [6.45, 7) is 8.67. The van der Waals surface area contributed by atoms with Crippen molar-refractivity contribution in [2.24, 2.45) is 12.0 Å². The van der Waals surface area contributed by atoms with Crippen LogP contribution in [0.2, 0.25) is 0 Å². The molecular formula is C22H31F3IN5O. The quantitative estimate of drug-likeness (QED) is 0.293. The van der Waals surface area contributed by atoms with Gasteiger partial charge in [-0.3, -0.25) is 9.67 Å². The van der Waals surface area contributed by atoms with Gasteiger partial charge in [-0.1, -0.05) is 18.2 Å². The Balaban J connectivity index is 0.00000363. The molecule has 0 radical (unpaired) electrons. The number of aliphatic imine (C=N–C) groups is 1. The van der Waals surface area contributed by atoms with Gasteiger partial charge in [-0.05, 0) is 57.7 Å². The number of nitrogens with zero attached hydrogens (tertiary/aromatic N) is 3. The van der Waals surface area contributed by atoms with E-state index in [1.807, 2.05) is 25.6 Å². The number of rotatable bonds is 7. The number of para-hydroxylation sites is 1. The smallest absolute Gasteiger partial charge is 0.405 e. The van der Waals surface area contributed by atoms with E-state index in [-0.39, 0.29) is 47.7 Å². The third-order valence-corrected chi connectivity index (χ3v) is 5.53. The molecule has 0 amide bonds. The van der Waals surface area contributed by atoms with Crippen LogP contribution in [0.25, 0.3) is 0 Å². The first-order chi connectivity index (χ1) is 14.6. The zero-order valence-electron chi connectivity index (χ0n) is 19.0. The van der Waals surface area contributed by atoms with Crippen LogP contribution in [0.1, 0.15) is 48.7 Å². The van der Waals surface area contributed by atoms with Crippen LogP contribution in [0.15, 0.2) is 29.3 Å². The van der Waals surface area contributed by atoms with Crippen molar-refractivity contribution in [3.63, 3.8) is 0 Å². The Kier molecular flexibility index (Phi) is 8.83. The van der Waals surface area contributed by atoms with Gasteiger partial charge in [0, 0.05) is 37.3 Å². The molecule has 1 aromatic heterocycles. The Labute approximate surface area is 204 Å². The number of guanidine groups is 1. The molecule has 2 N–H and O–H groups in total. The number of alkyl halides is 3. The van der Waals surface area contributed by atoms with E-state index >= 15 is 0 Å². The Morgan fingerprint density at radius 3 is 2.59 bits per heavy atom. The average molecular weight is 565 g/mol. The van der Waals surface area contributed by atoms with Gasteiger partial charge in [0.1, 0.15) is 5.75 Å². The predicted octanol–water partition coefficient (Wildman–Crippen LogP) is 4.60. The minimum atomic E-state index is -4.71. The van der Waals surface area contributed by atoms with E-state index in [0.717, 1.165) is 24.2 Å². The lowest BCUT2D eigenvalue weighted by atomic mass is 10.1. The maximum atomic E-state index is 12.7. The maximum absolute atomic E-state index is 12.7. The normalized spacial score (nSPS) is 19.2. The van der Waals surface area contributed by atoms with E-state index in [1.54, 1.807) is 18.2 Å². The number of benzene rings is 1. The Morgan fingerprint density at radius 1 is 1.31 bits per heavy atom. The third-order valence-electron chi connectivity index (χ3n) is 5.53. The molecule has 2 aromatic rings. The largest absolute Gasteiger partial charge is 0.573 e. The van der Waals surface area contributed by atoms with E-state index in [4.69, 9.17) is 0 Å². The van der Waals surface area contributed by atoms with Gasteiger partial charge < -0.3 is 15.4 Å². The van der Waals surface area contributed by atoms with Crippen LogP contribution in [0.4, 0.5) is 13.2 Å². The van der Waals surface area contributed by atoms with Crippen LogP contribution in [0.3, 0.4) is 0 Å². The van der Waals surface area contributed by atoms with Gasteiger partial charge in [0.15, 0.2) is 5.96 Å². The summed E-state index contributed by atoms with van der Waals surface area (Å²) >= 11 is 0. The van der Waals surface area contributed by atoms with E-state index in [9.17, 15) is 13.2 Å². The SMILES string of the molecule is CCN=C(NC(C)Cc1c(C)nn(C)c1C)NC1CC1c1ccccc1OC(F)(F)F.I. The highest BCUT2D eigenvalue weighted by atomic mass is 127. The first kappa shape index (κ1) is 26.3. The Hall–Kier alpha value is -1.98. The molecule has 178 valence electrons. The van der Waals surface area contributed by atoms with Crippen LogP contribution < -0.4 is 15.4 Å². The van der Waals surface area contributed by atoms with E-state index < -0.39 is 6.36 Å². The summed E-state index contributed by atoms with van der Waals surface area (Å²) in [5.41, 5.74) is 3.92. The average Bonchev–Trinajstić information content (AvgIpc) is 3.38. The number of halogens is 4. The van der Waals surface area contributed by atoms with Crippen LogP contribution in [0.5, 0.6) is 5.75 Å². The van der Waals surface area contributed by atoms with Gasteiger partial charge in [-0.15, -0.1) is 37.1 Å². The molecule has 1 heterocycles. The highest BCUT2D eigenvalue weighted by Crippen LogP contribution is 2.45. The number of hydrogen-bond acceptors (Lipinski definition) is 3. The number of nitrogens with one attached hydrogen (secondary N) is 2. The zero-order valence-corrected chi connectivity index (χ0v) is 21.3. The van der Waals surface area contributed by atoms with Crippen molar-refractivity contribution in [2.45, 2.75) is 64.9 Å². The summed E-state index contributed by atoms with van der Waals surface area (Å²) < 4.78 is 44.3. The van der Waals surface area contributed by atoms with Gasteiger partial charge in [-0.2, -0.15) is 5.10 Å². The molecule has 3 rings (SSSR count). The van der Waals surface area contributed by atoms with E-state index in [1.165, 1.54) is 11.6 Å². The first-order valence-electron chi connectivity index (χ1n) is 10.5. The van der Waals surface area contributed by atoms with Crippen molar-refractivity contribution in [1.29, 1.82) is 0 Å². The minimum Gasteiger partial charge on any atom is -0.405 e. The highest BCUT2D eigenvalue weighted by Gasteiger charge is 2.42. The summed E-state index contributed by atoms with van der Waals surface area (Å²) in [5.74, 6) is 0.471. The van der Waals surface area contributed by atoms with Crippen LogP contribution >= 0.6 is 24.0 Å². The fourth-order valence-electron chi connectivity index (χ4n) is 3.87. The van der Waals surface area contributed by atoms with E-state index in [2.05, 4.69) is 39.3 Å². The van der Waals surface area contributed by atoms with Crippen molar-refractivity contribution in [1.82, 2.24) is 20.4 Å². The van der Waals surface area contributed by atoms with Crippen molar-refractivity contribution >= 4 is 29.9 Å². The van der Waals surface area contributed by atoms with Crippen molar-refractivity contribution in [3.8, 4) is 5.75 Å². The molecular weight excluding hydrogens is 534 g/mol. The van der Waals surface area contributed by atoms with Crippen molar-refractivity contribution < 1.29 is 17.9 Å². The lowest BCUT2D eigenvalue weighted by molar-refractivity contribution is -0.274. The fraction of sp³-hybridized carbons (Fsp3) is 0.545.